The highest BCUT2D eigenvalue weighted by Gasteiger charge is 2.19. The molecule has 1 N–H and O–H groups in total. The summed E-state index contributed by atoms with van der Waals surface area (Å²) in [7, 11) is 0. The lowest BCUT2D eigenvalue weighted by molar-refractivity contribution is -0.123. The third-order valence-electron chi connectivity index (χ3n) is 3.65. The summed E-state index contributed by atoms with van der Waals surface area (Å²) in [4.78, 5) is 20.9. The number of rotatable bonds is 7. The predicted molar refractivity (Wildman–Crippen MR) is 86.1 cm³/mol. The van der Waals surface area contributed by atoms with Gasteiger partial charge in [-0.2, -0.15) is 4.98 Å². The van der Waals surface area contributed by atoms with Crippen LogP contribution >= 0.6 is 0 Å². The van der Waals surface area contributed by atoms with Gasteiger partial charge in [-0.15, -0.1) is 0 Å². The number of carbonyl (C=O) groups is 1. The highest BCUT2D eigenvalue weighted by Crippen LogP contribution is 2.17. The van der Waals surface area contributed by atoms with Crippen LogP contribution in [0, 0.1) is 0 Å². The zero-order valence-corrected chi connectivity index (χ0v) is 14.4. The molecule has 7 nitrogen and oxygen atoms in total. The summed E-state index contributed by atoms with van der Waals surface area (Å²) in [5, 5.41) is 6.82. The Hall–Kier alpha value is -2.18. The molecule has 0 unspecified atom stereocenters. The maximum absolute atomic E-state index is 12.3. The van der Waals surface area contributed by atoms with Gasteiger partial charge in [-0.3, -0.25) is 4.79 Å². The van der Waals surface area contributed by atoms with Crippen LogP contribution in [0.15, 0.2) is 16.9 Å². The SMILES string of the molecule is CC(C)c1noc(CCNC(=O)[C@H](C)n2ccnc2C(C)C)n1. The highest BCUT2D eigenvalue weighted by molar-refractivity contribution is 5.79. The van der Waals surface area contributed by atoms with Crippen LogP contribution in [0.3, 0.4) is 0 Å². The number of hydrogen-bond acceptors (Lipinski definition) is 5. The van der Waals surface area contributed by atoms with Crippen LogP contribution in [0.1, 0.15) is 70.0 Å². The molecule has 0 saturated carbocycles. The van der Waals surface area contributed by atoms with Crippen LogP contribution in [-0.4, -0.2) is 32.1 Å². The van der Waals surface area contributed by atoms with Crippen molar-refractivity contribution in [2.75, 3.05) is 6.54 Å². The van der Waals surface area contributed by atoms with E-state index in [-0.39, 0.29) is 23.8 Å². The maximum atomic E-state index is 12.3. The van der Waals surface area contributed by atoms with Gasteiger partial charge in [0, 0.05) is 37.2 Å². The van der Waals surface area contributed by atoms with Crippen molar-refractivity contribution < 1.29 is 9.32 Å². The van der Waals surface area contributed by atoms with Gasteiger partial charge in [0.1, 0.15) is 11.9 Å². The molecule has 0 fully saturated rings. The molecule has 0 saturated heterocycles. The van der Waals surface area contributed by atoms with Gasteiger partial charge in [-0.25, -0.2) is 4.98 Å². The van der Waals surface area contributed by atoms with Gasteiger partial charge in [0.25, 0.3) is 0 Å². The summed E-state index contributed by atoms with van der Waals surface area (Å²) in [6.45, 7) is 10.5. The molecule has 0 radical (unpaired) electrons. The van der Waals surface area contributed by atoms with Crippen molar-refractivity contribution in [1.82, 2.24) is 25.0 Å². The third kappa shape index (κ3) is 4.18. The topological polar surface area (TPSA) is 85.8 Å². The zero-order chi connectivity index (χ0) is 17.0. The Morgan fingerprint density at radius 2 is 2.00 bits per heavy atom. The normalized spacial score (nSPS) is 12.8. The van der Waals surface area contributed by atoms with E-state index >= 15 is 0 Å². The molecule has 0 bridgehead atoms. The smallest absolute Gasteiger partial charge is 0.242 e. The highest BCUT2D eigenvalue weighted by atomic mass is 16.5. The second-order valence-corrected chi connectivity index (χ2v) is 6.27. The van der Waals surface area contributed by atoms with Crippen LogP contribution in [0.5, 0.6) is 0 Å². The van der Waals surface area contributed by atoms with Crippen molar-refractivity contribution in [2.24, 2.45) is 0 Å². The molecular formula is C16H25N5O2. The van der Waals surface area contributed by atoms with E-state index in [9.17, 15) is 4.79 Å². The van der Waals surface area contributed by atoms with Gasteiger partial charge >= 0.3 is 0 Å². The molecule has 2 heterocycles. The van der Waals surface area contributed by atoms with Crippen LogP contribution in [-0.2, 0) is 11.2 Å². The summed E-state index contributed by atoms with van der Waals surface area (Å²) in [5.41, 5.74) is 0. The van der Waals surface area contributed by atoms with E-state index in [0.717, 1.165) is 5.82 Å². The molecule has 7 heteroatoms. The Morgan fingerprint density at radius 1 is 1.26 bits per heavy atom. The molecule has 1 amide bonds. The number of carbonyl (C=O) groups excluding carboxylic acids is 1. The monoisotopic (exact) mass is 319 g/mol. The Labute approximate surface area is 136 Å². The lowest BCUT2D eigenvalue weighted by Gasteiger charge is -2.17. The molecule has 0 aliphatic carbocycles. The number of nitrogens with zero attached hydrogens (tertiary/aromatic N) is 4. The minimum absolute atomic E-state index is 0.0477. The van der Waals surface area contributed by atoms with E-state index in [1.807, 2.05) is 31.5 Å². The van der Waals surface area contributed by atoms with Crippen LogP contribution < -0.4 is 5.32 Å². The Bertz CT molecular complexity index is 644. The molecular weight excluding hydrogens is 294 g/mol. The fourth-order valence-electron chi connectivity index (χ4n) is 2.27. The first-order valence-electron chi connectivity index (χ1n) is 8.03. The molecule has 1 atom stereocenters. The molecule has 2 aromatic rings. The summed E-state index contributed by atoms with van der Waals surface area (Å²) >= 11 is 0. The van der Waals surface area contributed by atoms with Gasteiger partial charge < -0.3 is 14.4 Å². The summed E-state index contributed by atoms with van der Waals surface area (Å²) in [5.74, 6) is 2.61. The van der Waals surface area contributed by atoms with Gasteiger partial charge in [0.2, 0.25) is 11.8 Å². The average Bonchev–Trinajstić information content (AvgIpc) is 3.15. The fourth-order valence-corrected chi connectivity index (χ4v) is 2.27. The molecule has 2 rings (SSSR count). The van der Waals surface area contributed by atoms with E-state index in [1.165, 1.54) is 0 Å². The van der Waals surface area contributed by atoms with Crippen LogP contribution in [0.4, 0.5) is 0 Å². The van der Waals surface area contributed by atoms with E-state index in [0.29, 0.717) is 24.7 Å². The summed E-state index contributed by atoms with van der Waals surface area (Å²) in [6.07, 6.45) is 4.09. The van der Waals surface area contributed by atoms with Crippen molar-refractivity contribution >= 4 is 5.91 Å². The van der Waals surface area contributed by atoms with E-state index < -0.39 is 0 Å². The van der Waals surface area contributed by atoms with E-state index in [4.69, 9.17) is 4.52 Å². The number of aromatic nitrogens is 4. The first-order chi connectivity index (χ1) is 10.9. The largest absolute Gasteiger partial charge is 0.354 e. The molecule has 2 aromatic heterocycles. The number of hydrogen-bond donors (Lipinski definition) is 1. The van der Waals surface area contributed by atoms with Gasteiger partial charge in [-0.1, -0.05) is 32.9 Å². The summed E-state index contributed by atoms with van der Waals surface area (Å²) in [6, 6.07) is -0.302. The molecule has 0 spiro atoms. The van der Waals surface area contributed by atoms with Crippen LogP contribution in [0.2, 0.25) is 0 Å². The van der Waals surface area contributed by atoms with E-state index in [2.05, 4.69) is 34.3 Å². The van der Waals surface area contributed by atoms with Gasteiger partial charge in [0.15, 0.2) is 5.82 Å². The van der Waals surface area contributed by atoms with Crippen LogP contribution in [0.25, 0.3) is 0 Å². The second-order valence-electron chi connectivity index (χ2n) is 6.27. The predicted octanol–water partition coefficient (Wildman–Crippen LogP) is 2.43. The Morgan fingerprint density at radius 3 is 2.61 bits per heavy atom. The second kappa shape index (κ2) is 7.39. The van der Waals surface area contributed by atoms with Crippen molar-refractivity contribution in [2.45, 2.75) is 58.9 Å². The average molecular weight is 319 g/mol. The van der Waals surface area contributed by atoms with Gasteiger partial charge in [-0.05, 0) is 6.92 Å². The minimum atomic E-state index is -0.302. The van der Waals surface area contributed by atoms with Crippen molar-refractivity contribution in [3.05, 3.63) is 29.9 Å². The standard InChI is InChI=1S/C16H25N5O2/c1-10(2)14-19-13(23-20-14)6-7-18-16(22)12(5)21-9-8-17-15(21)11(3)4/h8-12H,6-7H2,1-5H3,(H,18,22)/t12-/m0/s1. The Balaban J connectivity index is 1.87. The van der Waals surface area contributed by atoms with Crippen molar-refractivity contribution in [3.8, 4) is 0 Å². The first kappa shape index (κ1) is 17.2. The first-order valence-corrected chi connectivity index (χ1v) is 8.03. The third-order valence-corrected chi connectivity index (χ3v) is 3.65. The van der Waals surface area contributed by atoms with Crippen molar-refractivity contribution in [3.63, 3.8) is 0 Å². The molecule has 23 heavy (non-hydrogen) atoms. The van der Waals surface area contributed by atoms with E-state index in [1.54, 1.807) is 6.20 Å². The quantitative estimate of drug-likeness (QED) is 0.847. The van der Waals surface area contributed by atoms with Crippen molar-refractivity contribution in [1.29, 1.82) is 0 Å². The fraction of sp³-hybridized carbons (Fsp3) is 0.625. The molecule has 0 aliphatic rings. The number of imidazole rings is 1. The number of nitrogens with one attached hydrogen (secondary N) is 1. The Kier molecular flexibility index (Phi) is 5.52. The summed E-state index contributed by atoms with van der Waals surface area (Å²) < 4.78 is 7.07. The number of amides is 1. The molecule has 126 valence electrons. The zero-order valence-electron chi connectivity index (χ0n) is 14.4. The lowest BCUT2D eigenvalue weighted by atomic mass is 10.2. The lowest BCUT2D eigenvalue weighted by Crippen LogP contribution is -2.33. The molecule has 0 aliphatic heterocycles. The molecule has 0 aromatic carbocycles. The van der Waals surface area contributed by atoms with Gasteiger partial charge in [0.05, 0.1) is 0 Å². The maximum Gasteiger partial charge on any atom is 0.242 e. The minimum Gasteiger partial charge on any atom is -0.354 e.